The molecule has 7 heteroatoms. The highest BCUT2D eigenvalue weighted by Crippen LogP contribution is 2.21. The Bertz CT molecular complexity index is 494. The van der Waals surface area contributed by atoms with E-state index in [2.05, 4.69) is 5.32 Å². The average molecular weight is 280 g/mol. The van der Waals surface area contributed by atoms with E-state index in [1.165, 1.54) is 24.3 Å². The van der Waals surface area contributed by atoms with Gasteiger partial charge < -0.3 is 15.2 Å². The Morgan fingerprint density at radius 2 is 1.95 bits per heavy atom. The molecule has 0 saturated carbocycles. The first kappa shape index (κ1) is 14.4. The predicted octanol–water partition coefficient (Wildman–Crippen LogP) is 0.866. The second-order valence-electron chi connectivity index (χ2n) is 4.81. The van der Waals surface area contributed by atoms with Gasteiger partial charge in [0.15, 0.2) is 0 Å². The zero-order chi connectivity index (χ0) is 14.6. The lowest BCUT2D eigenvalue weighted by Gasteiger charge is -2.36. The summed E-state index contributed by atoms with van der Waals surface area (Å²) in [6.45, 7) is 0.817. The van der Waals surface area contributed by atoms with E-state index in [9.17, 15) is 20.0 Å². The monoisotopic (exact) mass is 280 g/mol. The van der Waals surface area contributed by atoms with Crippen LogP contribution in [0.1, 0.15) is 23.2 Å². The zero-order valence-corrected chi connectivity index (χ0v) is 10.9. The molecular formula is C13H16N2O5. The van der Waals surface area contributed by atoms with E-state index in [1.807, 2.05) is 0 Å². The molecule has 2 N–H and O–H groups in total. The van der Waals surface area contributed by atoms with Gasteiger partial charge in [0.05, 0.1) is 17.1 Å². The topological polar surface area (TPSA) is 102 Å². The first-order valence-corrected chi connectivity index (χ1v) is 6.32. The van der Waals surface area contributed by atoms with E-state index in [4.69, 9.17) is 4.74 Å². The highest BCUT2D eigenvalue weighted by atomic mass is 16.6. The second kappa shape index (κ2) is 5.98. The van der Waals surface area contributed by atoms with Crippen molar-refractivity contribution in [1.29, 1.82) is 0 Å². The normalized spacial score (nSPS) is 17.4. The molecule has 0 aliphatic carbocycles. The maximum absolute atomic E-state index is 12.1. The number of hydrogen-bond acceptors (Lipinski definition) is 5. The maximum Gasteiger partial charge on any atom is 0.269 e. The van der Waals surface area contributed by atoms with Crippen LogP contribution in [0.25, 0.3) is 0 Å². The second-order valence-corrected chi connectivity index (χ2v) is 4.81. The van der Waals surface area contributed by atoms with E-state index in [0.717, 1.165) is 0 Å². The molecule has 0 bridgehead atoms. The molecule has 1 aliphatic heterocycles. The Hall–Kier alpha value is -1.99. The smallest absolute Gasteiger partial charge is 0.269 e. The Labute approximate surface area is 115 Å². The van der Waals surface area contributed by atoms with Crippen molar-refractivity contribution in [3.05, 3.63) is 39.9 Å². The van der Waals surface area contributed by atoms with Crippen molar-refractivity contribution in [3.63, 3.8) is 0 Å². The number of nitrogens with zero attached hydrogens (tertiary/aromatic N) is 1. The molecule has 0 spiro atoms. The number of amides is 1. The molecule has 1 fully saturated rings. The van der Waals surface area contributed by atoms with Crippen LogP contribution in [-0.2, 0) is 4.74 Å². The lowest BCUT2D eigenvalue weighted by atomic mass is 9.90. The minimum absolute atomic E-state index is 0.0653. The van der Waals surface area contributed by atoms with Crippen molar-refractivity contribution < 1.29 is 19.6 Å². The van der Waals surface area contributed by atoms with Gasteiger partial charge in [-0.3, -0.25) is 14.9 Å². The molecule has 1 aromatic carbocycles. The molecule has 0 radical (unpaired) electrons. The minimum atomic E-state index is -0.670. The van der Waals surface area contributed by atoms with Crippen molar-refractivity contribution in [3.8, 4) is 0 Å². The lowest BCUT2D eigenvalue weighted by Crippen LogP contribution is -2.54. The molecule has 0 unspecified atom stereocenters. The van der Waals surface area contributed by atoms with E-state index in [0.29, 0.717) is 31.6 Å². The van der Waals surface area contributed by atoms with Gasteiger partial charge >= 0.3 is 0 Å². The highest BCUT2D eigenvalue weighted by molar-refractivity contribution is 5.94. The van der Waals surface area contributed by atoms with E-state index < -0.39 is 10.5 Å². The van der Waals surface area contributed by atoms with Crippen molar-refractivity contribution in [1.82, 2.24) is 5.32 Å². The van der Waals surface area contributed by atoms with Crippen molar-refractivity contribution in [2.24, 2.45) is 0 Å². The Morgan fingerprint density at radius 1 is 1.35 bits per heavy atom. The first-order valence-electron chi connectivity index (χ1n) is 6.32. The SMILES string of the molecule is O=C(NC1(CO)CCOCC1)c1ccc([N+](=O)[O-])cc1. The van der Waals surface area contributed by atoms with Gasteiger partial charge in [-0.1, -0.05) is 0 Å². The van der Waals surface area contributed by atoms with Crippen LogP contribution >= 0.6 is 0 Å². The number of nitro benzene ring substituents is 1. The van der Waals surface area contributed by atoms with Crippen molar-refractivity contribution in [2.75, 3.05) is 19.8 Å². The van der Waals surface area contributed by atoms with Crippen molar-refractivity contribution in [2.45, 2.75) is 18.4 Å². The fourth-order valence-electron chi connectivity index (χ4n) is 2.13. The Kier molecular flexibility index (Phi) is 4.31. The Balaban J connectivity index is 2.08. The van der Waals surface area contributed by atoms with Crippen LogP contribution in [-0.4, -0.2) is 41.3 Å². The summed E-state index contributed by atoms with van der Waals surface area (Å²) in [6.07, 6.45) is 1.09. The molecule has 20 heavy (non-hydrogen) atoms. The molecule has 1 aliphatic rings. The molecule has 0 atom stereocenters. The fraction of sp³-hybridized carbons (Fsp3) is 0.462. The summed E-state index contributed by atoms with van der Waals surface area (Å²) in [6, 6.07) is 5.37. The van der Waals surface area contributed by atoms with E-state index >= 15 is 0 Å². The van der Waals surface area contributed by atoms with Crippen molar-refractivity contribution >= 4 is 11.6 Å². The first-order chi connectivity index (χ1) is 9.56. The van der Waals surface area contributed by atoms with Gasteiger partial charge in [-0.15, -0.1) is 0 Å². The summed E-state index contributed by atoms with van der Waals surface area (Å²) >= 11 is 0. The number of carbonyl (C=O) groups is 1. The van der Waals surface area contributed by atoms with Gasteiger partial charge in [0, 0.05) is 30.9 Å². The van der Waals surface area contributed by atoms with E-state index in [-0.39, 0.29) is 18.2 Å². The summed E-state index contributed by atoms with van der Waals surface area (Å²) in [7, 11) is 0. The summed E-state index contributed by atoms with van der Waals surface area (Å²) in [5, 5.41) is 22.9. The van der Waals surface area contributed by atoms with Crippen LogP contribution in [0.15, 0.2) is 24.3 Å². The molecule has 1 aromatic rings. The molecule has 1 heterocycles. The molecule has 1 saturated heterocycles. The van der Waals surface area contributed by atoms with Gasteiger partial charge in [0.1, 0.15) is 0 Å². The summed E-state index contributed by atoms with van der Waals surface area (Å²) in [5.74, 6) is -0.351. The predicted molar refractivity (Wildman–Crippen MR) is 70.4 cm³/mol. The summed E-state index contributed by atoms with van der Waals surface area (Å²) in [5.41, 5.74) is -0.406. The third-order valence-electron chi connectivity index (χ3n) is 3.47. The van der Waals surface area contributed by atoms with Crippen LogP contribution in [0.5, 0.6) is 0 Å². The minimum Gasteiger partial charge on any atom is -0.394 e. The molecule has 7 nitrogen and oxygen atoms in total. The van der Waals surface area contributed by atoms with Gasteiger partial charge in [0.25, 0.3) is 11.6 Å². The highest BCUT2D eigenvalue weighted by Gasteiger charge is 2.33. The van der Waals surface area contributed by atoms with Crippen LogP contribution in [0.4, 0.5) is 5.69 Å². The largest absolute Gasteiger partial charge is 0.394 e. The average Bonchev–Trinajstić information content (AvgIpc) is 2.48. The number of ether oxygens (including phenoxy) is 1. The van der Waals surface area contributed by atoms with E-state index in [1.54, 1.807) is 0 Å². The maximum atomic E-state index is 12.1. The number of aliphatic hydroxyl groups excluding tert-OH is 1. The number of aliphatic hydroxyl groups is 1. The number of carbonyl (C=O) groups excluding carboxylic acids is 1. The number of nitro groups is 1. The molecule has 2 rings (SSSR count). The lowest BCUT2D eigenvalue weighted by molar-refractivity contribution is -0.384. The van der Waals surface area contributed by atoms with Gasteiger partial charge in [0.2, 0.25) is 0 Å². The summed E-state index contributed by atoms with van der Waals surface area (Å²) in [4.78, 5) is 22.2. The molecule has 0 aromatic heterocycles. The van der Waals surface area contributed by atoms with Crippen LogP contribution in [0.2, 0.25) is 0 Å². The molecule has 1 amide bonds. The number of rotatable bonds is 4. The fourth-order valence-corrected chi connectivity index (χ4v) is 2.13. The number of nitrogens with one attached hydrogen (secondary N) is 1. The third-order valence-corrected chi connectivity index (χ3v) is 3.47. The number of benzene rings is 1. The van der Waals surface area contributed by atoms with Gasteiger partial charge in [-0.05, 0) is 25.0 Å². The van der Waals surface area contributed by atoms with Crippen LogP contribution < -0.4 is 5.32 Å². The molecular weight excluding hydrogens is 264 g/mol. The summed E-state index contributed by atoms with van der Waals surface area (Å²) < 4.78 is 5.22. The quantitative estimate of drug-likeness (QED) is 0.629. The van der Waals surface area contributed by atoms with Crippen LogP contribution in [0, 0.1) is 10.1 Å². The van der Waals surface area contributed by atoms with Crippen LogP contribution in [0.3, 0.4) is 0 Å². The Morgan fingerprint density at radius 3 is 2.45 bits per heavy atom. The molecule has 108 valence electrons. The van der Waals surface area contributed by atoms with Gasteiger partial charge in [-0.25, -0.2) is 0 Å². The number of hydrogen-bond donors (Lipinski definition) is 2. The third kappa shape index (κ3) is 3.12. The van der Waals surface area contributed by atoms with Gasteiger partial charge in [-0.2, -0.15) is 0 Å². The zero-order valence-electron chi connectivity index (χ0n) is 10.9. The standard InChI is InChI=1S/C13H16N2O5/c16-9-13(5-7-20-8-6-13)14-12(17)10-1-3-11(4-2-10)15(18)19/h1-4,16H,5-9H2,(H,14,17). The number of non-ortho nitro benzene ring substituents is 1.